The zero-order chi connectivity index (χ0) is 17.4. The van der Waals surface area contributed by atoms with Crippen LogP contribution in [0, 0.1) is 5.82 Å². The molecule has 2 heterocycles. The molecule has 2 aromatic rings. The Morgan fingerprint density at radius 3 is 2.56 bits per heavy atom. The van der Waals surface area contributed by atoms with Gasteiger partial charge in [0.1, 0.15) is 5.82 Å². The standard InChI is InChI=1S/C20H20FNOS2/c1-13-18-12-17(21)7-6-14(18)8-9-22(13)19(23)15-2-4-16(5-3-15)20-24-10-11-25-20/h2-7,12-13,20H,8-11H2,1H3. The van der Waals surface area contributed by atoms with E-state index in [2.05, 4.69) is 12.1 Å². The Balaban J connectivity index is 1.54. The van der Waals surface area contributed by atoms with Crippen LogP contribution in [0.5, 0.6) is 0 Å². The number of nitrogens with zero attached hydrogens (tertiary/aromatic N) is 1. The van der Waals surface area contributed by atoms with E-state index in [1.807, 2.05) is 53.5 Å². The van der Waals surface area contributed by atoms with Gasteiger partial charge in [0.25, 0.3) is 5.91 Å². The van der Waals surface area contributed by atoms with Gasteiger partial charge in [-0.2, -0.15) is 0 Å². The number of hydrogen-bond donors (Lipinski definition) is 0. The van der Waals surface area contributed by atoms with E-state index < -0.39 is 0 Å². The number of benzene rings is 2. The first kappa shape index (κ1) is 17.0. The quantitative estimate of drug-likeness (QED) is 0.733. The van der Waals surface area contributed by atoms with E-state index in [1.54, 1.807) is 6.07 Å². The number of fused-ring (bicyclic) bond motifs is 1. The highest BCUT2D eigenvalue weighted by molar-refractivity contribution is 8.19. The molecule has 25 heavy (non-hydrogen) atoms. The fourth-order valence-corrected chi connectivity index (χ4v) is 6.42. The van der Waals surface area contributed by atoms with Gasteiger partial charge in [0.05, 0.1) is 10.6 Å². The van der Waals surface area contributed by atoms with E-state index >= 15 is 0 Å². The van der Waals surface area contributed by atoms with Gasteiger partial charge in [-0.15, -0.1) is 23.5 Å². The first-order chi connectivity index (χ1) is 12.1. The smallest absolute Gasteiger partial charge is 0.254 e. The SMILES string of the molecule is CC1c2cc(F)ccc2CCN1C(=O)c1ccc(C2SCCS2)cc1. The second kappa shape index (κ2) is 7.04. The molecule has 1 amide bonds. The van der Waals surface area contributed by atoms with Crippen molar-refractivity contribution in [1.82, 2.24) is 4.90 Å². The molecule has 130 valence electrons. The van der Waals surface area contributed by atoms with Crippen LogP contribution in [-0.4, -0.2) is 28.9 Å². The third kappa shape index (κ3) is 3.32. The second-order valence-electron chi connectivity index (χ2n) is 6.46. The van der Waals surface area contributed by atoms with E-state index in [1.165, 1.54) is 23.1 Å². The largest absolute Gasteiger partial charge is 0.332 e. The minimum atomic E-state index is -0.240. The van der Waals surface area contributed by atoms with Crippen LogP contribution >= 0.6 is 23.5 Å². The number of rotatable bonds is 2. The molecule has 2 aromatic carbocycles. The number of carbonyl (C=O) groups is 1. The van der Waals surface area contributed by atoms with E-state index in [0.717, 1.165) is 17.5 Å². The molecule has 4 rings (SSSR count). The summed E-state index contributed by atoms with van der Waals surface area (Å²) in [5, 5.41) is 0. The second-order valence-corrected chi connectivity index (χ2v) is 9.19. The summed E-state index contributed by atoms with van der Waals surface area (Å²) in [5.74, 6) is 2.17. The normalized spacial score (nSPS) is 20.6. The third-order valence-corrected chi connectivity index (χ3v) is 8.06. The van der Waals surface area contributed by atoms with Gasteiger partial charge in [-0.05, 0) is 54.3 Å². The molecule has 0 spiro atoms. The molecule has 0 N–H and O–H groups in total. The van der Waals surface area contributed by atoms with Crippen LogP contribution in [-0.2, 0) is 6.42 Å². The van der Waals surface area contributed by atoms with Crippen molar-refractivity contribution in [2.75, 3.05) is 18.1 Å². The van der Waals surface area contributed by atoms with Crippen LogP contribution in [0.3, 0.4) is 0 Å². The third-order valence-electron chi connectivity index (χ3n) is 4.96. The van der Waals surface area contributed by atoms with Crippen molar-refractivity contribution in [1.29, 1.82) is 0 Å². The molecule has 0 aromatic heterocycles. The van der Waals surface area contributed by atoms with Gasteiger partial charge in [-0.25, -0.2) is 4.39 Å². The van der Waals surface area contributed by atoms with Crippen LogP contribution in [0.1, 0.15) is 44.6 Å². The lowest BCUT2D eigenvalue weighted by atomic mass is 9.93. The molecule has 1 unspecified atom stereocenters. The Hall–Kier alpha value is -1.46. The molecule has 2 aliphatic heterocycles. The van der Waals surface area contributed by atoms with Crippen molar-refractivity contribution in [3.8, 4) is 0 Å². The Morgan fingerprint density at radius 1 is 1.12 bits per heavy atom. The van der Waals surface area contributed by atoms with Crippen molar-refractivity contribution in [2.45, 2.75) is 24.0 Å². The minimum absolute atomic E-state index is 0.0284. The van der Waals surface area contributed by atoms with Gasteiger partial charge in [-0.3, -0.25) is 4.79 Å². The lowest BCUT2D eigenvalue weighted by Gasteiger charge is -2.35. The molecule has 2 nitrogen and oxygen atoms in total. The van der Waals surface area contributed by atoms with Crippen molar-refractivity contribution < 1.29 is 9.18 Å². The number of hydrogen-bond acceptors (Lipinski definition) is 3. The summed E-state index contributed by atoms with van der Waals surface area (Å²) in [6, 6.07) is 12.8. The first-order valence-corrected chi connectivity index (χ1v) is 10.7. The molecule has 0 aliphatic carbocycles. The molecule has 5 heteroatoms. The molecule has 0 radical (unpaired) electrons. The first-order valence-electron chi connectivity index (χ1n) is 8.56. The van der Waals surface area contributed by atoms with Gasteiger partial charge in [-0.1, -0.05) is 18.2 Å². The Bertz CT molecular complexity index is 787. The number of halogens is 1. The highest BCUT2D eigenvalue weighted by Gasteiger charge is 2.28. The number of thioether (sulfide) groups is 2. The Kier molecular flexibility index (Phi) is 4.78. The van der Waals surface area contributed by atoms with Crippen LogP contribution < -0.4 is 0 Å². The topological polar surface area (TPSA) is 20.3 Å². The summed E-state index contributed by atoms with van der Waals surface area (Å²) in [6.45, 7) is 2.66. The maximum absolute atomic E-state index is 13.6. The zero-order valence-corrected chi connectivity index (χ0v) is 15.7. The molecule has 1 fully saturated rings. The van der Waals surface area contributed by atoms with Crippen molar-refractivity contribution >= 4 is 29.4 Å². The maximum atomic E-state index is 13.6. The van der Waals surface area contributed by atoms with Crippen LogP contribution in [0.15, 0.2) is 42.5 Å². The summed E-state index contributed by atoms with van der Waals surface area (Å²) in [4.78, 5) is 14.8. The Morgan fingerprint density at radius 2 is 1.84 bits per heavy atom. The highest BCUT2D eigenvalue weighted by Crippen LogP contribution is 2.45. The van der Waals surface area contributed by atoms with Crippen molar-refractivity contribution in [2.24, 2.45) is 0 Å². The summed E-state index contributed by atoms with van der Waals surface area (Å²) >= 11 is 3.93. The van der Waals surface area contributed by atoms with Gasteiger partial charge in [0.2, 0.25) is 0 Å². The zero-order valence-electron chi connectivity index (χ0n) is 14.1. The minimum Gasteiger partial charge on any atom is -0.332 e. The van der Waals surface area contributed by atoms with E-state index in [4.69, 9.17) is 0 Å². The lowest BCUT2D eigenvalue weighted by Crippen LogP contribution is -2.38. The Labute approximate surface area is 156 Å². The average Bonchev–Trinajstić information content (AvgIpc) is 3.17. The predicted molar refractivity (Wildman–Crippen MR) is 104 cm³/mol. The van der Waals surface area contributed by atoms with E-state index in [-0.39, 0.29) is 17.8 Å². The van der Waals surface area contributed by atoms with Crippen LogP contribution in [0.2, 0.25) is 0 Å². The van der Waals surface area contributed by atoms with Gasteiger partial charge >= 0.3 is 0 Å². The lowest BCUT2D eigenvalue weighted by molar-refractivity contribution is 0.0677. The van der Waals surface area contributed by atoms with Gasteiger partial charge in [0, 0.05) is 23.6 Å². The summed E-state index contributed by atoms with van der Waals surface area (Å²) in [6.07, 6.45) is 0.777. The molecule has 1 saturated heterocycles. The van der Waals surface area contributed by atoms with Crippen LogP contribution in [0.25, 0.3) is 0 Å². The summed E-state index contributed by atoms with van der Waals surface area (Å²) in [5.41, 5.74) is 4.06. The fourth-order valence-electron chi connectivity index (χ4n) is 3.56. The van der Waals surface area contributed by atoms with Gasteiger partial charge < -0.3 is 4.90 Å². The predicted octanol–water partition coefficient (Wildman–Crippen LogP) is 5.06. The molecular weight excluding hydrogens is 353 g/mol. The van der Waals surface area contributed by atoms with Gasteiger partial charge in [0.15, 0.2) is 0 Å². The summed E-state index contributed by atoms with van der Waals surface area (Å²) < 4.78 is 14.1. The van der Waals surface area contributed by atoms with Crippen molar-refractivity contribution in [3.05, 3.63) is 70.5 Å². The molecule has 1 atom stereocenters. The number of amides is 1. The molecule has 0 saturated carbocycles. The van der Waals surface area contributed by atoms with E-state index in [0.29, 0.717) is 16.7 Å². The van der Waals surface area contributed by atoms with E-state index in [9.17, 15) is 9.18 Å². The van der Waals surface area contributed by atoms with Crippen LogP contribution in [0.4, 0.5) is 4.39 Å². The summed E-state index contributed by atoms with van der Waals surface area (Å²) in [7, 11) is 0. The fraction of sp³-hybridized carbons (Fsp3) is 0.350. The monoisotopic (exact) mass is 373 g/mol. The van der Waals surface area contributed by atoms with Crippen molar-refractivity contribution in [3.63, 3.8) is 0 Å². The molecular formula is C20H20FNOS2. The number of carbonyl (C=O) groups excluding carboxylic acids is 1. The maximum Gasteiger partial charge on any atom is 0.254 e. The highest BCUT2D eigenvalue weighted by atomic mass is 32.2. The molecule has 0 bridgehead atoms. The average molecular weight is 374 g/mol. The molecule has 2 aliphatic rings.